The highest BCUT2D eigenvalue weighted by Gasteiger charge is 2.74. The Morgan fingerprint density at radius 3 is 1.87 bits per heavy atom. The van der Waals surface area contributed by atoms with Gasteiger partial charge in [0.05, 0.1) is 5.69 Å². The molecule has 1 nitrogen and oxygen atoms in total. The summed E-state index contributed by atoms with van der Waals surface area (Å²) in [7, 11) is 0. The molecule has 8 aliphatic rings. The predicted molar refractivity (Wildman–Crippen MR) is 196 cm³/mol. The van der Waals surface area contributed by atoms with Crippen molar-refractivity contribution in [3.63, 3.8) is 0 Å². The molecule has 8 fully saturated rings. The maximum atomic E-state index is 2.59. The average molecular weight is 632 g/mol. The molecule has 8 saturated carbocycles. The van der Waals surface area contributed by atoms with Crippen molar-refractivity contribution in [2.24, 2.45) is 40.9 Å². The van der Waals surface area contributed by atoms with Crippen LogP contribution < -0.4 is 4.90 Å². The lowest BCUT2D eigenvalue weighted by Crippen LogP contribution is -2.55. The highest BCUT2D eigenvalue weighted by molar-refractivity contribution is 7.26. The van der Waals surface area contributed by atoms with E-state index in [1.807, 2.05) is 11.3 Å². The SMILES string of the molecule is c1ccc2c(c1)sc1cccc(N(c3ccc(C45CC6CC(CC(C6)C4)C5)cc3)c3ccc(C45CC6CC7CC(C4)C5(C7)C6)cc3)c12. The first-order valence-corrected chi connectivity index (χ1v) is 19.8. The predicted octanol–water partition coefficient (Wildman–Crippen LogP) is 12.5. The lowest BCUT2D eigenvalue weighted by Gasteiger charge is -2.59. The maximum Gasteiger partial charge on any atom is 0.0554 e. The second-order valence-electron chi connectivity index (χ2n) is 17.8. The van der Waals surface area contributed by atoms with Gasteiger partial charge in [-0.15, -0.1) is 11.3 Å². The standard InChI is InChI=1S/C45H45NS/c1-2-6-40-38(4-1)42-39(5-3-7-41(42)47-40)46(36-12-8-33(9-13-36)43-21-28-16-29(22-43)18-30(17-28)23-43)37-14-10-34(11-15-37)45-26-32-19-31-20-35(27-45)44(45,24-31)25-32/h1-15,28-32,35H,16-27H2. The van der Waals surface area contributed by atoms with Crippen LogP contribution in [0.5, 0.6) is 0 Å². The van der Waals surface area contributed by atoms with Crippen molar-refractivity contribution < 1.29 is 0 Å². The van der Waals surface area contributed by atoms with Crippen molar-refractivity contribution in [2.75, 3.05) is 4.90 Å². The van der Waals surface area contributed by atoms with Crippen LogP contribution in [0, 0.1) is 40.9 Å². The minimum absolute atomic E-state index is 0.432. The fraction of sp³-hybridized carbons (Fsp3) is 0.467. The molecule has 4 aromatic carbocycles. The second kappa shape index (κ2) is 9.12. The van der Waals surface area contributed by atoms with Crippen LogP contribution in [0.15, 0.2) is 91.0 Å². The van der Waals surface area contributed by atoms with E-state index in [1.54, 1.807) is 11.1 Å². The summed E-state index contributed by atoms with van der Waals surface area (Å²) in [6.07, 6.45) is 17.8. The Labute approximate surface area is 283 Å². The van der Waals surface area contributed by atoms with Gasteiger partial charge in [0, 0.05) is 37.0 Å². The fourth-order valence-electron chi connectivity index (χ4n) is 14.6. The van der Waals surface area contributed by atoms with Crippen molar-refractivity contribution in [3.05, 3.63) is 102 Å². The smallest absolute Gasteiger partial charge is 0.0554 e. The number of hydrogen-bond donors (Lipinski definition) is 0. The van der Waals surface area contributed by atoms with E-state index in [9.17, 15) is 0 Å². The molecule has 0 N–H and O–H groups in total. The third kappa shape index (κ3) is 3.47. The van der Waals surface area contributed by atoms with Crippen molar-refractivity contribution in [1.29, 1.82) is 0 Å². The van der Waals surface area contributed by atoms with Gasteiger partial charge in [-0.05, 0) is 177 Å². The van der Waals surface area contributed by atoms with Crippen LogP contribution in [0.4, 0.5) is 17.1 Å². The van der Waals surface area contributed by atoms with E-state index in [2.05, 4.69) is 95.9 Å². The minimum Gasteiger partial charge on any atom is -0.310 e. The normalized spacial score (nSPS) is 38.7. The van der Waals surface area contributed by atoms with Gasteiger partial charge in [0.15, 0.2) is 0 Å². The lowest BCUT2D eigenvalue weighted by atomic mass is 9.44. The van der Waals surface area contributed by atoms with Crippen molar-refractivity contribution >= 4 is 48.6 Å². The number of anilines is 3. The Morgan fingerprint density at radius 2 is 1.13 bits per heavy atom. The van der Waals surface area contributed by atoms with Crippen LogP contribution in [0.2, 0.25) is 0 Å². The zero-order chi connectivity index (χ0) is 30.5. The van der Waals surface area contributed by atoms with E-state index in [4.69, 9.17) is 0 Å². The largest absolute Gasteiger partial charge is 0.310 e. The molecular weight excluding hydrogens is 587 g/mol. The molecule has 0 saturated heterocycles. The molecule has 0 amide bonds. The Balaban J connectivity index is 0.980. The lowest BCUT2D eigenvalue weighted by molar-refractivity contribution is -0.0355. The Hall–Kier alpha value is -3.10. The van der Waals surface area contributed by atoms with Crippen LogP contribution in [0.25, 0.3) is 20.2 Å². The van der Waals surface area contributed by atoms with Gasteiger partial charge in [0.25, 0.3) is 0 Å². The maximum absolute atomic E-state index is 2.59. The Bertz CT molecular complexity index is 2030. The summed E-state index contributed by atoms with van der Waals surface area (Å²) >= 11 is 1.93. The van der Waals surface area contributed by atoms with E-state index in [-0.39, 0.29) is 0 Å². The molecule has 5 unspecified atom stereocenters. The summed E-state index contributed by atoms with van der Waals surface area (Å²) in [5.74, 6) is 5.93. The molecule has 1 heterocycles. The van der Waals surface area contributed by atoms with Gasteiger partial charge in [-0.3, -0.25) is 0 Å². The zero-order valence-electron chi connectivity index (χ0n) is 27.5. The number of fused-ring (bicyclic) bond motifs is 5. The third-order valence-electron chi connectivity index (χ3n) is 15.6. The first kappa shape index (κ1) is 26.8. The van der Waals surface area contributed by atoms with Gasteiger partial charge in [0.2, 0.25) is 0 Å². The first-order valence-electron chi connectivity index (χ1n) is 19.0. The van der Waals surface area contributed by atoms with Crippen LogP contribution in [0.1, 0.15) is 88.2 Å². The highest BCUT2D eigenvalue weighted by atomic mass is 32.1. The summed E-state index contributed by atoms with van der Waals surface area (Å²) in [6.45, 7) is 0. The molecule has 0 radical (unpaired) electrons. The van der Waals surface area contributed by atoms with Gasteiger partial charge < -0.3 is 4.90 Å². The summed E-state index contributed by atoms with van der Waals surface area (Å²) in [5, 5.41) is 2.77. The van der Waals surface area contributed by atoms with Crippen LogP contribution in [-0.2, 0) is 10.8 Å². The van der Waals surface area contributed by atoms with E-state index in [0.29, 0.717) is 16.2 Å². The molecule has 5 atom stereocenters. The van der Waals surface area contributed by atoms with E-state index in [1.165, 1.54) is 114 Å². The van der Waals surface area contributed by atoms with Gasteiger partial charge >= 0.3 is 0 Å². The van der Waals surface area contributed by atoms with E-state index >= 15 is 0 Å². The van der Waals surface area contributed by atoms with Gasteiger partial charge in [-0.1, -0.05) is 48.5 Å². The number of hydrogen-bond acceptors (Lipinski definition) is 2. The van der Waals surface area contributed by atoms with Crippen LogP contribution >= 0.6 is 11.3 Å². The minimum atomic E-state index is 0.432. The number of rotatable bonds is 5. The molecule has 8 aliphatic carbocycles. The number of benzene rings is 4. The molecule has 47 heavy (non-hydrogen) atoms. The topological polar surface area (TPSA) is 3.24 Å². The second-order valence-corrected chi connectivity index (χ2v) is 18.9. The summed E-state index contributed by atoms with van der Waals surface area (Å²) in [4.78, 5) is 2.59. The monoisotopic (exact) mass is 631 g/mol. The van der Waals surface area contributed by atoms with E-state index in [0.717, 1.165) is 35.5 Å². The Kier molecular flexibility index (Phi) is 5.20. The quantitative estimate of drug-likeness (QED) is 0.187. The average Bonchev–Trinajstić information content (AvgIpc) is 3.62. The van der Waals surface area contributed by atoms with Gasteiger partial charge in [0.1, 0.15) is 0 Å². The summed E-state index contributed by atoms with van der Waals surface area (Å²) in [5.41, 5.74) is 8.70. The van der Waals surface area contributed by atoms with Crippen molar-refractivity contribution in [3.8, 4) is 0 Å². The fourth-order valence-corrected chi connectivity index (χ4v) is 15.8. The first-order chi connectivity index (χ1) is 23.1. The molecule has 2 heteroatoms. The molecule has 5 aromatic rings. The highest BCUT2D eigenvalue weighted by Crippen LogP contribution is 2.81. The molecule has 1 aromatic heterocycles. The molecule has 13 rings (SSSR count). The molecule has 7 bridgehead atoms. The molecule has 236 valence electrons. The summed E-state index contributed by atoms with van der Waals surface area (Å²) < 4.78 is 2.76. The van der Waals surface area contributed by atoms with Crippen molar-refractivity contribution in [2.45, 2.75) is 87.9 Å². The van der Waals surface area contributed by atoms with Crippen molar-refractivity contribution in [1.82, 2.24) is 0 Å². The van der Waals surface area contributed by atoms with Gasteiger partial charge in [-0.25, -0.2) is 0 Å². The zero-order valence-corrected chi connectivity index (χ0v) is 28.3. The number of thiophene rings is 1. The molecule has 1 spiro atoms. The van der Waals surface area contributed by atoms with E-state index < -0.39 is 0 Å². The Morgan fingerprint density at radius 1 is 0.511 bits per heavy atom. The van der Waals surface area contributed by atoms with Crippen LogP contribution in [-0.4, -0.2) is 0 Å². The van der Waals surface area contributed by atoms with Gasteiger partial charge in [-0.2, -0.15) is 0 Å². The third-order valence-corrected chi connectivity index (χ3v) is 16.8. The van der Waals surface area contributed by atoms with Crippen LogP contribution in [0.3, 0.4) is 0 Å². The molecular formula is C45H45NS. The molecule has 0 aliphatic heterocycles. The summed E-state index contributed by atoms with van der Waals surface area (Å²) in [6, 6.07) is 36.1. The number of nitrogens with zero attached hydrogens (tertiary/aromatic N) is 1.